The third kappa shape index (κ3) is 5.56. The van der Waals surface area contributed by atoms with E-state index in [2.05, 4.69) is 85.3 Å². The van der Waals surface area contributed by atoms with Crippen LogP contribution >= 0.6 is 11.3 Å². The first-order valence-corrected chi connectivity index (χ1v) is 13.3. The maximum Gasteiger partial charge on any atom is 0.319 e. The van der Waals surface area contributed by atoms with Crippen LogP contribution in [-0.2, 0) is 13.0 Å². The van der Waals surface area contributed by atoms with Crippen molar-refractivity contribution < 1.29 is 4.79 Å². The fraction of sp³-hybridized carbons (Fsp3) is 0.464. The molecule has 5 nitrogen and oxygen atoms in total. The van der Waals surface area contributed by atoms with Gasteiger partial charge in [-0.3, -0.25) is 4.90 Å². The lowest BCUT2D eigenvalue weighted by atomic mass is 9.92. The van der Waals surface area contributed by atoms with Crippen LogP contribution in [0, 0.1) is 19.8 Å². The van der Waals surface area contributed by atoms with Gasteiger partial charge in [-0.1, -0.05) is 26.8 Å². The van der Waals surface area contributed by atoms with Crippen molar-refractivity contribution >= 4 is 23.1 Å². The lowest BCUT2D eigenvalue weighted by molar-refractivity contribution is 0.246. The van der Waals surface area contributed by atoms with E-state index < -0.39 is 0 Å². The minimum Gasteiger partial charge on any atom is -0.331 e. The van der Waals surface area contributed by atoms with Gasteiger partial charge in [-0.25, -0.2) is 4.79 Å². The highest BCUT2D eigenvalue weighted by Crippen LogP contribution is 2.41. The Morgan fingerprint density at radius 2 is 1.88 bits per heavy atom. The van der Waals surface area contributed by atoms with Crippen molar-refractivity contribution in [3.63, 3.8) is 0 Å². The summed E-state index contributed by atoms with van der Waals surface area (Å²) in [5.74, 6) is 0.576. The summed E-state index contributed by atoms with van der Waals surface area (Å²) in [6, 6.07) is 10.0. The summed E-state index contributed by atoms with van der Waals surface area (Å²) in [7, 11) is 0. The Bertz CT molecular complexity index is 1120. The zero-order chi connectivity index (χ0) is 24.2. The van der Waals surface area contributed by atoms with Crippen LogP contribution in [0.25, 0.3) is 5.00 Å². The normalized spacial score (nSPS) is 14.8. The summed E-state index contributed by atoms with van der Waals surface area (Å²) in [4.78, 5) is 17.1. The molecular formula is C28H38N4OS. The van der Waals surface area contributed by atoms with Crippen molar-refractivity contribution in [2.24, 2.45) is 5.92 Å². The number of amides is 2. The molecule has 3 aromatic rings. The number of hydrogen-bond acceptors (Lipinski definition) is 3. The third-order valence-electron chi connectivity index (χ3n) is 6.89. The average molecular weight is 479 g/mol. The number of anilines is 1. The van der Waals surface area contributed by atoms with E-state index in [0.717, 1.165) is 44.6 Å². The minimum absolute atomic E-state index is 0.0282. The first kappa shape index (κ1) is 24.6. The van der Waals surface area contributed by atoms with E-state index >= 15 is 0 Å². The first-order valence-electron chi connectivity index (χ1n) is 12.5. The molecule has 0 aliphatic carbocycles. The Morgan fingerprint density at radius 3 is 2.56 bits per heavy atom. The number of nitrogens with zero attached hydrogens (tertiary/aromatic N) is 2. The van der Waals surface area contributed by atoms with Crippen LogP contribution in [0.3, 0.4) is 0 Å². The number of carbonyl (C=O) groups excluding carboxylic acids is 1. The molecule has 0 saturated carbocycles. The SMILES string of the molecule is CCN1CCc2c(sc(-n3cccc3)c2[C@@H](CCC(C)C)NC(=O)Nc2ccc(C)c(C)c2)C1. The number of thiophene rings is 1. The van der Waals surface area contributed by atoms with Crippen LogP contribution < -0.4 is 10.6 Å². The predicted molar refractivity (Wildman–Crippen MR) is 143 cm³/mol. The monoisotopic (exact) mass is 478 g/mol. The predicted octanol–water partition coefficient (Wildman–Crippen LogP) is 6.83. The second kappa shape index (κ2) is 10.8. The molecule has 0 radical (unpaired) electrons. The summed E-state index contributed by atoms with van der Waals surface area (Å²) in [5, 5.41) is 7.69. The van der Waals surface area contributed by atoms with Gasteiger partial charge in [0.25, 0.3) is 0 Å². The van der Waals surface area contributed by atoms with E-state index in [1.807, 2.05) is 23.5 Å². The molecule has 34 heavy (non-hydrogen) atoms. The van der Waals surface area contributed by atoms with E-state index in [1.165, 1.54) is 32.1 Å². The number of hydrogen-bond donors (Lipinski definition) is 2. The number of benzene rings is 1. The Kier molecular flexibility index (Phi) is 7.79. The van der Waals surface area contributed by atoms with E-state index in [4.69, 9.17) is 0 Å². The lowest BCUT2D eigenvalue weighted by Gasteiger charge is -2.28. The Morgan fingerprint density at radius 1 is 1.12 bits per heavy atom. The summed E-state index contributed by atoms with van der Waals surface area (Å²) >= 11 is 1.89. The molecule has 6 heteroatoms. The van der Waals surface area contributed by atoms with Gasteiger partial charge in [-0.15, -0.1) is 11.3 Å². The molecule has 1 aromatic carbocycles. The molecule has 0 bridgehead atoms. The molecular weight excluding hydrogens is 440 g/mol. The number of carbonyl (C=O) groups is 1. The fourth-order valence-electron chi connectivity index (χ4n) is 4.69. The Hall–Kier alpha value is -2.57. The van der Waals surface area contributed by atoms with E-state index in [1.54, 1.807) is 0 Å². The average Bonchev–Trinajstić information content (AvgIpc) is 3.46. The van der Waals surface area contributed by atoms with Crippen LogP contribution in [0.2, 0.25) is 0 Å². The Balaban J connectivity index is 1.66. The summed E-state index contributed by atoms with van der Waals surface area (Å²) < 4.78 is 2.22. The number of urea groups is 1. The zero-order valence-electron chi connectivity index (χ0n) is 21.1. The maximum atomic E-state index is 13.2. The van der Waals surface area contributed by atoms with Crippen molar-refractivity contribution in [1.82, 2.24) is 14.8 Å². The lowest BCUT2D eigenvalue weighted by Crippen LogP contribution is -2.35. The van der Waals surface area contributed by atoms with E-state index in [9.17, 15) is 4.79 Å². The molecule has 2 aromatic heterocycles. The first-order chi connectivity index (χ1) is 16.4. The second-order valence-corrected chi connectivity index (χ2v) is 10.9. The van der Waals surface area contributed by atoms with Gasteiger partial charge in [0.05, 0.1) is 6.04 Å². The number of likely N-dealkylation sites (N-methyl/N-ethyl adjacent to an activating group) is 1. The molecule has 3 heterocycles. The molecule has 0 fully saturated rings. The summed E-state index contributed by atoms with van der Waals surface area (Å²) in [5.41, 5.74) is 5.99. The third-order valence-corrected chi connectivity index (χ3v) is 8.14. The van der Waals surface area contributed by atoms with Crippen LogP contribution in [0.4, 0.5) is 10.5 Å². The quantitative estimate of drug-likeness (QED) is 0.373. The summed E-state index contributed by atoms with van der Waals surface area (Å²) in [6.45, 7) is 14.0. The molecule has 0 saturated heterocycles. The number of aryl methyl sites for hydroxylation is 2. The van der Waals surface area contributed by atoms with Crippen molar-refractivity contribution in [3.05, 3.63) is 69.9 Å². The molecule has 0 unspecified atom stereocenters. The molecule has 2 amide bonds. The fourth-order valence-corrected chi connectivity index (χ4v) is 6.11. The second-order valence-electron chi connectivity index (χ2n) is 9.85. The largest absolute Gasteiger partial charge is 0.331 e. The van der Waals surface area contributed by atoms with Crippen molar-refractivity contribution in [2.45, 2.75) is 66.5 Å². The van der Waals surface area contributed by atoms with Crippen molar-refractivity contribution in [1.29, 1.82) is 0 Å². The smallest absolute Gasteiger partial charge is 0.319 e. The minimum atomic E-state index is -0.138. The summed E-state index contributed by atoms with van der Waals surface area (Å²) in [6.07, 6.45) is 7.26. The highest BCUT2D eigenvalue weighted by molar-refractivity contribution is 7.15. The van der Waals surface area contributed by atoms with Crippen molar-refractivity contribution in [2.75, 3.05) is 18.4 Å². The van der Waals surface area contributed by atoms with Gasteiger partial charge in [0, 0.05) is 41.6 Å². The van der Waals surface area contributed by atoms with Crippen LogP contribution in [0.15, 0.2) is 42.7 Å². The van der Waals surface area contributed by atoms with Crippen molar-refractivity contribution in [3.8, 4) is 5.00 Å². The highest BCUT2D eigenvalue weighted by Gasteiger charge is 2.30. The molecule has 182 valence electrons. The van der Waals surface area contributed by atoms with Gasteiger partial charge in [0.15, 0.2) is 0 Å². The topological polar surface area (TPSA) is 49.3 Å². The van der Waals surface area contributed by atoms with Gasteiger partial charge >= 0.3 is 6.03 Å². The van der Waals surface area contributed by atoms with Gasteiger partial charge in [-0.2, -0.15) is 0 Å². The zero-order valence-corrected chi connectivity index (χ0v) is 22.0. The molecule has 1 aliphatic rings. The van der Waals surface area contributed by atoms with E-state index in [-0.39, 0.29) is 12.1 Å². The Labute approximate surface area is 208 Å². The number of aromatic nitrogens is 1. The molecule has 1 aliphatic heterocycles. The molecule has 1 atom stereocenters. The molecule has 4 rings (SSSR count). The van der Waals surface area contributed by atoms with Gasteiger partial charge in [0.1, 0.15) is 5.00 Å². The highest BCUT2D eigenvalue weighted by atomic mass is 32.1. The number of rotatable bonds is 8. The van der Waals surface area contributed by atoms with Crippen LogP contribution in [0.1, 0.15) is 66.8 Å². The molecule has 2 N–H and O–H groups in total. The standard InChI is InChI=1S/C28H38N4OS/c1-6-31-16-13-23-25(18-31)34-27(32-14-7-8-15-32)26(23)24(12-9-19(2)3)30-28(33)29-22-11-10-20(4)21(5)17-22/h7-8,10-11,14-15,17,19,24H,6,9,12-13,16,18H2,1-5H3,(H2,29,30,33)/t24-/m1/s1. The number of fused-ring (bicyclic) bond motifs is 1. The van der Waals surface area contributed by atoms with Crippen LogP contribution in [0.5, 0.6) is 0 Å². The van der Waals surface area contributed by atoms with Gasteiger partial charge in [-0.05, 0) is 86.5 Å². The van der Waals surface area contributed by atoms with Gasteiger partial charge < -0.3 is 15.2 Å². The van der Waals surface area contributed by atoms with Crippen LogP contribution in [-0.4, -0.2) is 28.6 Å². The van der Waals surface area contributed by atoms with E-state index in [0.29, 0.717) is 5.92 Å². The number of nitrogens with one attached hydrogen (secondary N) is 2. The maximum absolute atomic E-state index is 13.2. The van der Waals surface area contributed by atoms with Gasteiger partial charge in [0.2, 0.25) is 0 Å². The molecule has 0 spiro atoms.